The maximum absolute atomic E-state index is 12.4. The minimum Gasteiger partial charge on any atom is -0.290 e. The van der Waals surface area contributed by atoms with Crippen LogP contribution in [-0.2, 0) is 0 Å². The predicted octanol–water partition coefficient (Wildman–Crippen LogP) is 3.43. The van der Waals surface area contributed by atoms with Crippen LogP contribution in [0.3, 0.4) is 0 Å². The highest BCUT2D eigenvalue weighted by molar-refractivity contribution is 6.34. The third-order valence-corrected chi connectivity index (χ3v) is 3.90. The number of halogens is 1. The maximum Gasteiger partial charge on any atom is 0.260 e. The van der Waals surface area contributed by atoms with E-state index in [2.05, 4.69) is 15.1 Å². The van der Waals surface area contributed by atoms with Crippen LogP contribution in [-0.4, -0.2) is 19.7 Å². The van der Waals surface area contributed by atoms with Crippen molar-refractivity contribution >= 4 is 22.5 Å². The SMILES string of the molecule is O=c1[nH]c(-n2cccn2)nc2cc(Cl)c(-c3ccccc3)cc12. The van der Waals surface area contributed by atoms with Crippen molar-refractivity contribution in [2.45, 2.75) is 0 Å². The summed E-state index contributed by atoms with van der Waals surface area (Å²) in [5.74, 6) is 0.357. The van der Waals surface area contributed by atoms with Crippen molar-refractivity contribution in [2.24, 2.45) is 0 Å². The van der Waals surface area contributed by atoms with E-state index in [9.17, 15) is 4.79 Å². The molecule has 0 atom stereocenters. The molecule has 0 saturated carbocycles. The van der Waals surface area contributed by atoms with Gasteiger partial charge in [0.15, 0.2) is 0 Å². The minimum absolute atomic E-state index is 0.227. The molecule has 0 saturated heterocycles. The summed E-state index contributed by atoms with van der Waals surface area (Å²) >= 11 is 6.39. The Morgan fingerprint density at radius 1 is 1.09 bits per heavy atom. The van der Waals surface area contributed by atoms with Crippen molar-refractivity contribution in [1.29, 1.82) is 0 Å². The summed E-state index contributed by atoms with van der Waals surface area (Å²) in [5.41, 5.74) is 2.06. The van der Waals surface area contributed by atoms with Crippen molar-refractivity contribution in [3.05, 3.63) is 76.3 Å². The van der Waals surface area contributed by atoms with E-state index in [-0.39, 0.29) is 5.56 Å². The molecule has 0 aliphatic carbocycles. The zero-order valence-corrected chi connectivity index (χ0v) is 12.7. The first-order chi connectivity index (χ1) is 11.2. The molecule has 0 fully saturated rings. The molecule has 112 valence electrons. The van der Waals surface area contributed by atoms with Crippen LogP contribution in [0.15, 0.2) is 65.7 Å². The number of rotatable bonds is 2. The quantitative estimate of drug-likeness (QED) is 0.615. The van der Waals surface area contributed by atoms with E-state index >= 15 is 0 Å². The van der Waals surface area contributed by atoms with E-state index in [4.69, 9.17) is 11.6 Å². The Morgan fingerprint density at radius 3 is 2.65 bits per heavy atom. The lowest BCUT2D eigenvalue weighted by Crippen LogP contribution is -2.14. The fourth-order valence-corrected chi connectivity index (χ4v) is 2.76. The zero-order chi connectivity index (χ0) is 15.8. The number of aromatic amines is 1. The first kappa shape index (κ1) is 13.7. The van der Waals surface area contributed by atoms with Gasteiger partial charge in [0, 0.05) is 18.0 Å². The van der Waals surface area contributed by atoms with Gasteiger partial charge < -0.3 is 0 Å². The van der Waals surface area contributed by atoms with Gasteiger partial charge in [-0.05, 0) is 23.8 Å². The van der Waals surface area contributed by atoms with Gasteiger partial charge in [-0.15, -0.1) is 0 Å². The summed E-state index contributed by atoms with van der Waals surface area (Å²) in [4.78, 5) is 19.6. The average Bonchev–Trinajstić information content (AvgIpc) is 3.09. The van der Waals surface area contributed by atoms with Crippen LogP contribution in [0.5, 0.6) is 0 Å². The van der Waals surface area contributed by atoms with Gasteiger partial charge in [0.2, 0.25) is 5.95 Å². The molecule has 0 aliphatic rings. The lowest BCUT2D eigenvalue weighted by molar-refractivity contribution is 0.810. The topological polar surface area (TPSA) is 63.6 Å². The standard InChI is InChI=1S/C17H11ClN4O/c18-14-10-15-13(9-12(14)11-5-2-1-3-6-11)16(23)21-17(20-15)22-8-4-7-19-22/h1-10H,(H,20,21,23). The molecule has 0 amide bonds. The summed E-state index contributed by atoms with van der Waals surface area (Å²) < 4.78 is 1.50. The van der Waals surface area contributed by atoms with E-state index in [1.807, 2.05) is 30.3 Å². The zero-order valence-electron chi connectivity index (χ0n) is 11.9. The number of hydrogen-bond donors (Lipinski definition) is 1. The highest BCUT2D eigenvalue weighted by Crippen LogP contribution is 2.30. The first-order valence-corrected chi connectivity index (χ1v) is 7.39. The van der Waals surface area contributed by atoms with Crippen molar-refractivity contribution in [3.8, 4) is 17.1 Å². The van der Waals surface area contributed by atoms with Crippen molar-refractivity contribution < 1.29 is 0 Å². The van der Waals surface area contributed by atoms with Crippen LogP contribution >= 0.6 is 11.6 Å². The fraction of sp³-hybridized carbons (Fsp3) is 0. The molecule has 2 aromatic heterocycles. The lowest BCUT2D eigenvalue weighted by Gasteiger charge is -2.08. The van der Waals surface area contributed by atoms with Gasteiger partial charge in [0.1, 0.15) is 0 Å². The van der Waals surface area contributed by atoms with Gasteiger partial charge in [0.25, 0.3) is 5.56 Å². The van der Waals surface area contributed by atoms with E-state index in [0.29, 0.717) is 21.9 Å². The van der Waals surface area contributed by atoms with Gasteiger partial charge in [-0.25, -0.2) is 9.67 Å². The highest BCUT2D eigenvalue weighted by Gasteiger charge is 2.11. The second-order valence-corrected chi connectivity index (χ2v) is 5.46. The van der Waals surface area contributed by atoms with Gasteiger partial charge in [-0.1, -0.05) is 41.9 Å². The molecule has 1 N–H and O–H groups in total. The smallest absolute Gasteiger partial charge is 0.260 e. The Kier molecular flexibility index (Phi) is 3.20. The Morgan fingerprint density at radius 2 is 1.91 bits per heavy atom. The molecule has 5 nitrogen and oxygen atoms in total. The number of nitrogens with zero attached hydrogens (tertiary/aromatic N) is 3. The van der Waals surface area contributed by atoms with Crippen LogP contribution in [0.2, 0.25) is 5.02 Å². The van der Waals surface area contributed by atoms with E-state index in [1.54, 1.807) is 30.6 Å². The molecule has 0 bridgehead atoms. The third kappa shape index (κ3) is 2.41. The number of benzene rings is 2. The molecule has 0 radical (unpaired) electrons. The first-order valence-electron chi connectivity index (χ1n) is 7.01. The van der Waals surface area contributed by atoms with E-state index in [1.165, 1.54) is 4.68 Å². The van der Waals surface area contributed by atoms with Crippen LogP contribution in [0.25, 0.3) is 28.0 Å². The van der Waals surface area contributed by atoms with Gasteiger partial charge in [-0.3, -0.25) is 9.78 Å². The molecule has 0 aliphatic heterocycles. The van der Waals surface area contributed by atoms with Crippen LogP contribution in [0, 0.1) is 0 Å². The molecule has 0 spiro atoms. The van der Waals surface area contributed by atoms with Crippen molar-refractivity contribution in [3.63, 3.8) is 0 Å². The number of H-pyrrole nitrogens is 1. The molecular weight excluding hydrogens is 312 g/mol. The third-order valence-electron chi connectivity index (χ3n) is 3.59. The van der Waals surface area contributed by atoms with Crippen molar-refractivity contribution in [2.75, 3.05) is 0 Å². The molecule has 4 rings (SSSR count). The summed E-state index contributed by atoms with van der Waals surface area (Å²) in [6, 6.07) is 14.9. The molecular formula is C17H11ClN4O. The largest absolute Gasteiger partial charge is 0.290 e. The Balaban J connectivity index is 1.96. The maximum atomic E-state index is 12.4. The minimum atomic E-state index is -0.227. The van der Waals surface area contributed by atoms with Crippen LogP contribution < -0.4 is 5.56 Å². The second kappa shape index (κ2) is 5.37. The number of aromatic nitrogens is 4. The second-order valence-electron chi connectivity index (χ2n) is 5.06. The average molecular weight is 323 g/mol. The Hall–Kier alpha value is -2.92. The fourth-order valence-electron chi connectivity index (χ4n) is 2.49. The predicted molar refractivity (Wildman–Crippen MR) is 89.9 cm³/mol. The van der Waals surface area contributed by atoms with Gasteiger partial charge >= 0.3 is 0 Å². The Labute approximate surface area is 136 Å². The Bertz CT molecular complexity index is 1040. The van der Waals surface area contributed by atoms with Gasteiger partial charge in [0.05, 0.1) is 15.9 Å². The number of nitrogens with one attached hydrogen (secondary N) is 1. The molecule has 6 heteroatoms. The van der Waals surface area contributed by atoms with Gasteiger partial charge in [-0.2, -0.15) is 5.10 Å². The van der Waals surface area contributed by atoms with E-state index in [0.717, 1.165) is 11.1 Å². The monoisotopic (exact) mass is 322 g/mol. The molecule has 2 aromatic carbocycles. The molecule has 4 aromatic rings. The van der Waals surface area contributed by atoms with Crippen molar-refractivity contribution in [1.82, 2.24) is 19.7 Å². The lowest BCUT2D eigenvalue weighted by atomic mass is 10.0. The highest BCUT2D eigenvalue weighted by atomic mass is 35.5. The number of hydrogen-bond acceptors (Lipinski definition) is 3. The summed E-state index contributed by atoms with van der Waals surface area (Å²) in [7, 11) is 0. The summed E-state index contributed by atoms with van der Waals surface area (Å²) in [6.07, 6.45) is 3.33. The van der Waals surface area contributed by atoms with Crippen LogP contribution in [0.1, 0.15) is 0 Å². The van der Waals surface area contributed by atoms with Crippen LogP contribution in [0.4, 0.5) is 0 Å². The molecule has 2 heterocycles. The number of fused-ring (bicyclic) bond motifs is 1. The normalized spacial score (nSPS) is 11.0. The molecule has 23 heavy (non-hydrogen) atoms. The summed E-state index contributed by atoms with van der Waals surface area (Å²) in [6.45, 7) is 0. The summed E-state index contributed by atoms with van der Waals surface area (Å²) in [5, 5.41) is 5.11. The van der Waals surface area contributed by atoms with E-state index < -0.39 is 0 Å². The molecule has 0 unspecified atom stereocenters.